The summed E-state index contributed by atoms with van der Waals surface area (Å²) in [6, 6.07) is 8.42. The Labute approximate surface area is 232 Å². The maximum atomic E-state index is 13.2. The van der Waals surface area contributed by atoms with Gasteiger partial charge in [-0.3, -0.25) is 9.40 Å². The smallest absolute Gasteiger partial charge is 0.407 e. The highest BCUT2D eigenvalue weighted by Crippen LogP contribution is 2.36. The maximum Gasteiger partial charge on any atom is 0.407 e. The van der Waals surface area contributed by atoms with Crippen LogP contribution in [0, 0.1) is 0 Å². The number of ether oxygens (including phenoxy) is 3. The molecule has 214 valence electrons. The lowest BCUT2D eigenvalue weighted by atomic mass is 10.1. The number of nitrogens with one attached hydrogen (secondary N) is 2. The first-order valence-corrected chi connectivity index (χ1v) is 14.0. The molecule has 0 aliphatic rings. The van der Waals surface area contributed by atoms with E-state index in [9.17, 15) is 13.2 Å². The first-order chi connectivity index (χ1) is 18.9. The van der Waals surface area contributed by atoms with Gasteiger partial charge in [0, 0.05) is 18.3 Å². The van der Waals surface area contributed by atoms with Crippen LogP contribution in [-0.2, 0) is 34.3 Å². The highest BCUT2D eigenvalue weighted by atomic mass is 32.2. The summed E-state index contributed by atoms with van der Waals surface area (Å²) < 4.78 is 52.3. The Hall–Kier alpha value is -4.26. The van der Waals surface area contributed by atoms with Crippen LogP contribution < -0.4 is 19.5 Å². The molecule has 0 bridgehead atoms. The van der Waals surface area contributed by atoms with Gasteiger partial charge >= 0.3 is 6.09 Å². The van der Waals surface area contributed by atoms with Crippen molar-refractivity contribution in [3.05, 3.63) is 59.4 Å². The van der Waals surface area contributed by atoms with E-state index in [1.54, 1.807) is 62.1 Å². The third-order valence-electron chi connectivity index (χ3n) is 5.84. The van der Waals surface area contributed by atoms with Crippen molar-refractivity contribution in [1.29, 1.82) is 0 Å². The minimum atomic E-state index is -4.05. The average molecular weight is 572 g/mol. The first-order valence-electron chi connectivity index (χ1n) is 12.6. The second-order valence-electron chi connectivity index (χ2n) is 10.0. The molecule has 4 aromatic rings. The summed E-state index contributed by atoms with van der Waals surface area (Å²) in [6.45, 7) is 7.98. The molecule has 4 rings (SSSR count). The molecule has 40 heavy (non-hydrogen) atoms. The number of sulfonamides is 1. The van der Waals surface area contributed by atoms with Gasteiger partial charge in [-0.05, 0) is 62.6 Å². The van der Waals surface area contributed by atoms with Gasteiger partial charge in [0.15, 0.2) is 11.4 Å². The molecule has 12 nitrogen and oxygen atoms in total. The molecule has 13 heteroatoms. The summed E-state index contributed by atoms with van der Waals surface area (Å²) in [6.07, 6.45) is 3.67. The number of hydrogen-bond donors (Lipinski definition) is 2. The van der Waals surface area contributed by atoms with E-state index in [2.05, 4.69) is 20.3 Å². The van der Waals surface area contributed by atoms with Crippen LogP contribution in [0.3, 0.4) is 0 Å². The highest BCUT2D eigenvalue weighted by molar-refractivity contribution is 7.92. The fourth-order valence-corrected chi connectivity index (χ4v) is 5.17. The number of aryl methyl sites for hydroxylation is 1. The van der Waals surface area contributed by atoms with Crippen molar-refractivity contribution in [2.75, 3.05) is 18.9 Å². The van der Waals surface area contributed by atoms with Crippen molar-refractivity contribution in [1.82, 2.24) is 20.3 Å². The maximum absolute atomic E-state index is 13.2. The zero-order valence-corrected chi connectivity index (χ0v) is 24.1. The normalized spacial score (nSPS) is 11.8. The van der Waals surface area contributed by atoms with Gasteiger partial charge in [0.05, 0.1) is 27.0 Å². The molecule has 2 N–H and O–H groups in total. The fraction of sp³-hybridized carbons (Fsp3) is 0.370. The van der Waals surface area contributed by atoms with Crippen molar-refractivity contribution >= 4 is 32.9 Å². The zero-order chi connectivity index (χ0) is 29.1. The van der Waals surface area contributed by atoms with Crippen LogP contribution in [0.1, 0.15) is 44.4 Å². The van der Waals surface area contributed by atoms with E-state index in [0.717, 1.165) is 23.1 Å². The summed E-state index contributed by atoms with van der Waals surface area (Å²) in [5.74, 6) is 0.599. The van der Waals surface area contributed by atoms with Crippen LogP contribution in [0.5, 0.6) is 11.5 Å². The van der Waals surface area contributed by atoms with E-state index >= 15 is 0 Å². The lowest BCUT2D eigenvalue weighted by Crippen LogP contribution is -2.32. The van der Waals surface area contributed by atoms with E-state index in [0.29, 0.717) is 23.3 Å². The predicted molar refractivity (Wildman–Crippen MR) is 148 cm³/mol. The topological polar surface area (TPSA) is 147 Å². The van der Waals surface area contributed by atoms with Crippen LogP contribution in [-0.4, -0.2) is 49.3 Å². The molecule has 0 fully saturated rings. The van der Waals surface area contributed by atoms with E-state index in [1.165, 1.54) is 20.3 Å². The Balaban J connectivity index is 1.53. The molecule has 0 radical (unpaired) electrons. The number of rotatable bonds is 10. The molecule has 0 unspecified atom stereocenters. The molecule has 2 heterocycles. The minimum Gasteiger partial charge on any atom is -0.496 e. The number of amides is 1. The quantitative estimate of drug-likeness (QED) is 0.281. The molecular formula is C27H33N5O7S. The number of alkyl carbamates (subject to hydrolysis) is 1. The lowest BCUT2D eigenvalue weighted by molar-refractivity contribution is 0.0523. The van der Waals surface area contributed by atoms with E-state index in [4.69, 9.17) is 18.7 Å². The summed E-state index contributed by atoms with van der Waals surface area (Å²) in [5, 5.41) is 11.4. The van der Waals surface area contributed by atoms with Crippen molar-refractivity contribution < 1.29 is 31.9 Å². The van der Waals surface area contributed by atoms with Gasteiger partial charge in [0.25, 0.3) is 10.0 Å². The molecule has 0 saturated heterocycles. The van der Waals surface area contributed by atoms with Gasteiger partial charge in [-0.25, -0.2) is 13.2 Å². The minimum absolute atomic E-state index is 0.00499. The van der Waals surface area contributed by atoms with Crippen molar-refractivity contribution in [3.63, 3.8) is 0 Å². The van der Waals surface area contributed by atoms with E-state index in [-0.39, 0.29) is 23.0 Å². The van der Waals surface area contributed by atoms with Crippen LogP contribution >= 0.6 is 0 Å². The Kier molecular flexibility index (Phi) is 8.24. The third-order valence-corrected chi connectivity index (χ3v) is 7.22. The molecule has 0 aliphatic heterocycles. The van der Waals surface area contributed by atoms with Crippen LogP contribution in [0.25, 0.3) is 11.0 Å². The monoisotopic (exact) mass is 571 g/mol. The summed E-state index contributed by atoms with van der Waals surface area (Å²) in [7, 11) is -1.15. The van der Waals surface area contributed by atoms with Crippen LogP contribution in [0.2, 0.25) is 0 Å². The second kappa shape index (κ2) is 11.5. The number of benzene rings is 2. The molecule has 0 spiro atoms. The Morgan fingerprint density at radius 2 is 1.77 bits per heavy atom. The second-order valence-corrected chi connectivity index (χ2v) is 11.7. The number of aromatic nitrogens is 3. The molecule has 0 saturated carbocycles. The third kappa shape index (κ3) is 6.65. The number of carbonyl (C=O) groups is 1. The molecule has 2 aromatic heterocycles. The molecule has 0 atom stereocenters. The highest BCUT2D eigenvalue weighted by Gasteiger charge is 2.25. The van der Waals surface area contributed by atoms with Crippen LogP contribution in [0.4, 0.5) is 10.6 Å². The fourth-order valence-electron chi connectivity index (χ4n) is 4.01. The predicted octanol–water partition coefficient (Wildman–Crippen LogP) is 4.48. The van der Waals surface area contributed by atoms with E-state index in [1.807, 2.05) is 6.92 Å². The van der Waals surface area contributed by atoms with Gasteiger partial charge in [0.1, 0.15) is 27.4 Å². The van der Waals surface area contributed by atoms with Gasteiger partial charge in [0.2, 0.25) is 0 Å². The standard InChI is InChI=1S/C27H33N5O7S/c1-7-17-8-9-23(20(10-17)36-5)40(34,35)31-25-24-21(37-6)11-18(12-22(24)39-30-25)15-32-16-19(14-29-32)13-28-26(33)38-27(2,3)4/h8-12,14,16H,7,13,15H2,1-6H3,(H,28,33)(H,30,31). The SMILES string of the molecule is CCc1ccc(S(=O)(=O)Nc2noc3cc(Cn4cc(CNC(=O)OC(C)(C)C)cn4)cc(OC)c23)c(OC)c1. The molecule has 1 amide bonds. The van der Waals surface area contributed by atoms with Crippen molar-refractivity contribution in [2.45, 2.75) is 57.7 Å². The summed E-state index contributed by atoms with van der Waals surface area (Å²) in [4.78, 5) is 11.9. The van der Waals surface area contributed by atoms with Gasteiger partial charge in [-0.2, -0.15) is 5.10 Å². The largest absolute Gasteiger partial charge is 0.496 e. The number of methoxy groups -OCH3 is 2. The van der Waals surface area contributed by atoms with E-state index < -0.39 is 21.7 Å². The first kappa shape index (κ1) is 28.7. The number of carbonyl (C=O) groups excluding carboxylic acids is 1. The zero-order valence-electron chi connectivity index (χ0n) is 23.3. The molecule has 2 aromatic carbocycles. The lowest BCUT2D eigenvalue weighted by Gasteiger charge is -2.19. The number of anilines is 1. The Morgan fingerprint density at radius 3 is 2.45 bits per heavy atom. The number of fused-ring (bicyclic) bond motifs is 1. The van der Waals surface area contributed by atoms with Crippen molar-refractivity contribution in [3.8, 4) is 11.5 Å². The Morgan fingerprint density at radius 1 is 1.05 bits per heavy atom. The number of hydrogen-bond acceptors (Lipinski definition) is 9. The summed E-state index contributed by atoms with van der Waals surface area (Å²) in [5.41, 5.74) is 2.26. The summed E-state index contributed by atoms with van der Waals surface area (Å²) >= 11 is 0. The average Bonchev–Trinajstić information content (AvgIpc) is 3.52. The van der Waals surface area contributed by atoms with Gasteiger partial charge < -0.3 is 24.1 Å². The van der Waals surface area contributed by atoms with Gasteiger partial charge in [-0.1, -0.05) is 18.1 Å². The van der Waals surface area contributed by atoms with Crippen LogP contribution in [0.15, 0.2) is 52.1 Å². The Bertz CT molecular complexity index is 1620. The molecule has 0 aliphatic carbocycles. The van der Waals surface area contributed by atoms with Crippen molar-refractivity contribution in [2.24, 2.45) is 0 Å². The van der Waals surface area contributed by atoms with Gasteiger partial charge in [-0.15, -0.1) is 0 Å². The molecular weight excluding hydrogens is 538 g/mol. The number of nitrogens with zero attached hydrogens (tertiary/aromatic N) is 3.